The molecule has 0 radical (unpaired) electrons. The fraction of sp³-hybridized carbons (Fsp3) is 0.265. The Bertz CT molecular complexity index is 1560. The van der Waals surface area contributed by atoms with Gasteiger partial charge in [0.25, 0.3) is 0 Å². The lowest BCUT2D eigenvalue weighted by Gasteiger charge is -2.38. The molecular weight excluding hydrogens is 484 g/mol. The summed E-state index contributed by atoms with van der Waals surface area (Å²) >= 11 is 0. The van der Waals surface area contributed by atoms with Gasteiger partial charge in [0.15, 0.2) is 5.60 Å². The van der Waals surface area contributed by atoms with Crippen LogP contribution in [0.5, 0.6) is 11.5 Å². The maximum atomic E-state index is 13.3. The Morgan fingerprint density at radius 1 is 0.846 bits per heavy atom. The molecule has 2 heterocycles. The average Bonchev–Trinajstić information content (AvgIpc) is 3.24. The van der Waals surface area contributed by atoms with Gasteiger partial charge in [-0.25, -0.2) is 4.79 Å². The third-order valence-electron chi connectivity index (χ3n) is 7.90. The molecule has 0 saturated heterocycles. The molecule has 5 nitrogen and oxygen atoms in total. The minimum atomic E-state index is -1.09. The summed E-state index contributed by atoms with van der Waals surface area (Å²) in [6, 6.07) is 26.4. The van der Waals surface area contributed by atoms with Crippen molar-refractivity contribution in [3.8, 4) is 11.5 Å². The zero-order valence-corrected chi connectivity index (χ0v) is 23.0. The third-order valence-corrected chi connectivity index (χ3v) is 7.90. The molecule has 0 aliphatic carbocycles. The smallest absolute Gasteiger partial charge is 0.340 e. The number of hydrogen-bond donors (Lipinski definition) is 1. The first-order chi connectivity index (χ1) is 18.9. The molecule has 2 aliphatic heterocycles. The van der Waals surface area contributed by atoms with Gasteiger partial charge in [0.2, 0.25) is 0 Å². The molecular formula is C34H34N2O3. The normalized spacial score (nSPS) is 16.7. The number of carbonyl (C=O) groups excluding carboxylic acids is 1. The van der Waals surface area contributed by atoms with Crippen molar-refractivity contribution < 1.29 is 14.3 Å². The molecule has 0 saturated carbocycles. The average molecular weight is 519 g/mol. The summed E-state index contributed by atoms with van der Waals surface area (Å²) in [6.07, 6.45) is 2.26. The van der Waals surface area contributed by atoms with Crippen LogP contribution in [0.25, 0.3) is 0 Å². The van der Waals surface area contributed by atoms with Gasteiger partial charge >= 0.3 is 5.97 Å². The van der Waals surface area contributed by atoms with Crippen LogP contribution in [-0.4, -0.2) is 19.1 Å². The molecule has 39 heavy (non-hydrogen) atoms. The first-order valence-corrected chi connectivity index (χ1v) is 13.8. The highest BCUT2D eigenvalue weighted by atomic mass is 16.6. The fourth-order valence-corrected chi connectivity index (χ4v) is 5.75. The van der Waals surface area contributed by atoms with Gasteiger partial charge in [-0.2, -0.15) is 0 Å². The van der Waals surface area contributed by atoms with Crippen LogP contribution < -0.4 is 15.0 Å². The van der Waals surface area contributed by atoms with E-state index in [-0.39, 0.29) is 5.97 Å². The fourth-order valence-electron chi connectivity index (χ4n) is 5.75. The van der Waals surface area contributed by atoms with Gasteiger partial charge in [-0.15, -0.1) is 0 Å². The van der Waals surface area contributed by atoms with Crippen molar-refractivity contribution in [2.24, 2.45) is 0 Å². The lowest BCUT2D eigenvalue weighted by atomic mass is 9.77. The van der Waals surface area contributed by atoms with Crippen LogP contribution in [0.3, 0.4) is 0 Å². The van der Waals surface area contributed by atoms with Gasteiger partial charge in [-0.05, 0) is 75.2 Å². The predicted octanol–water partition coefficient (Wildman–Crippen LogP) is 8.24. The zero-order chi connectivity index (χ0) is 27.1. The van der Waals surface area contributed by atoms with Crippen LogP contribution in [-0.2, 0) is 10.3 Å². The lowest BCUT2D eigenvalue weighted by Crippen LogP contribution is -2.33. The molecule has 0 bridgehead atoms. The molecule has 1 atom stereocenters. The molecule has 5 heteroatoms. The molecule has 1 spiro atoms. The number of carbonyl (C=O) groups is 1. The molecule has 0 aromatic heterocycles. The van der Waals surface area contributed by atoms with Crippen LogP contribution in [0, 0.1) is 13.8 Å². The van der Waals surface area contributed by atoms with E-state index in [4.69, 9.17) is 9.47 Å². The zero-order valence-electron chi connectivity index (χ0n) is 23.0. The maximum absolute atomic E-state index is 13.3. The van der Waals surface area contributed by atoms with Crippen molar-refractivity contribution in [2.45, 2.75) is 46.1 Å². The van der Waals surface area contributed by atoms with Crippen LogP contribution in [0.4, 0.5) is 17.1 Å². The van der Waals surface area contributed by atoms with Gasteiger partial charge < -0.3 is 19.7 Å². The SMILES string of the molecule is CCCCN(CC)c1ccc2c(c1)Oc1cc(C)c(Nc3ccc(C)cc3)cc1C21OC(=O)c2ccccc21. The maximum Gasteiger partial charge on any atom is 0.340 e. The number of hydrogen-bond acceptors (Lipinski definition) is 5. The second-order valence-electron chi connectivity index (χ2n) is 10.5. The summed E-state index contributed by atoms with van der Waals surface area (Å²) in [6.45, 7) is 10.4. The van der Waals surface area contributed by atoms with E-state index in [1.54, 1.807) is 0 Å². The molecule has 0 amide bonds. The highest BCUT2D eigenvalue weighted by molar-refractivity contribution is 5.97. The van der Waals surface area contributed by atoms with E-state index < -0.39 is 5.60 Å². The van der Waals surface area contributed by atoms with Crippen LogP contribution >= 0.6 is 0 Å². The van der Waals surface area contributed by atoms with Gasteiger partial charge in [-0.3, -0.25) is 0 Å². The van der Waals surface area contributed by atoms with Crippen molar-refractivity contribution in [1.29, 1.82) is 0 Å². The standard InChI is InChI=1S/C34H34N2O3/c1-5-7-18-36(6-2)25-16-17-28-32(20-25)38-31-19-23(4)30(35-24-14-12-22(3)13-15-24)21-29(31)34(28)27-11-9-8-10-26(27)33(37)39-34/h8-17,19-21,35H,5-7,18H2,1-4H3. The van der Waals surface area contributed by atoms with E-state index in [0.717, 1.165) is 71.0 Å². The quantitative estimate of drug-likeness (QED) is 0.250. The van der Waals surface area contributed by atoms with Crippen molar-refractivity contribution in [3.05, 3.63) is 112 Å². The molecule has 0 fully saturated rings. The number of nitrogens with one attached hydrogen (secondary N) is 1. The summed E-state index contributed by atoms with van der Waals surface area (Å²) in [4.78, 5) is 15.7. The van der Waals surface area contributed by atoms with Crippen molar-refractivity contribution in [2.75, 3.05) is 23.3 Å². The second-order valence-corrected chi connectivity index (χ2v) is 10.5. The largest absolute Gasteiger partial charge is 0.456 e. The second kappa shape index (κ2) is 9.81. The number of anilines is 3. The molecule has 2 aliphatic rings. The third kappa shape index (κ3) is 4.13. The van der Waals surface area contributed by atoms with E-state index in [0.29, 0.717) is 11.3 Å². The van der Waals surface area contributed by atoms with Crippen molar-refractivity contribution in [3.63, 3.8) is 0 Å². The number of fused-ring (bicyclic) bond motifs is 6. The van der Waals surface area contributed by atoms with E-state index in [1.165, 1.54) is 5.56 Å². The van der Waals surface area contributed by atoms with Gasteiger partial charge in [0, 0.05) is 52.9 Å². The first kappa shape index (κ1) is 25.1. The molecule has 4 aromatic rings. The predicted molar refractivity (Wildman–Crippen MR) is 157 cm³/mol. The summed E-state index contributed by atoms with van der Waals surface area (Å²) < 4.78 is 13.0. The van der Waals surface area contributed by atoms with Crippen LogP contribution in [0.2, 0.25) is 0 Å². The topological polar surface area (TPSA) is 50.8 Å². The number of rotatable bonds is 7. The summed E-state index contributed by atoms with van der Waals surface area (Å²) in [5.41, 5.74) is 7.30. The minimum Gasteiger partial charge on any atom is -0.456 e. The number of ether oxygens (including phenoxy) is 2. The van der Waals surface area contributed by atoms with E-state index in [1.807, 2.05) is 30.3 Å². The summed E-state index contributed by atoms with van der Waals surface area (Å²) in [7, 11) is 0. The molecule has 198 valence electrons. The Balaban J connectivity index is 1.53. The lowest BCUT2D eigenvalue weighted by molar-refractivity contribution is 0.0224. The minimum absolute atomic E-state index is 0.319. The molecule has 6 rings (SSSR count). The highest BCUT2D eigenvalue weighted by Crippen LogP contribution is 2.57. The number of aryl methyl sites for hydroxylation is 2. The Labute approximate surface area is 230 Å². The van der Waals surface area contributed by atoms with E-state index in [2.05, 4.69) is 86.4 Å². The van der Waals surface area contributed by atoms with Crippen LogP contribution in [0.1, 0.15) is 64.9 Å². The Hall–Kier alpha value is -4.25. The van der Waals surface area contributed by atoms with Gasteiger partial charge in [0.05, 0.1) is 5.56 Å². The van der Waals surface area contributed by atoms with Gasteiger partial charge in [0.1, 0.15) is 11.5 Å². The number of unbranched alkanes of at least 4 members (excludes halogenated alkanes) is 1. The van der Waals surface area contributed by atoms with E-state index in [9.17, 15) is 4.79 Å². The van der Waals surface area contributed by atoms with E-state index >= 15 is 0 Å². The first-order valence-electron chi connectivity index (χ1n) is 13.8. The number of esters is 1. The van der Waals surface area contributed by atoms with Crippen molar-refractivity contribution in [1.82, 2.24) is 0 Å². The number of benzene rings is 4. The molecule has 1 unspecified atom stereocenters. The van der Waals surface area contributed by atoms with Gasteiger partial charge in [-0.1, -0.05) is 49.2 Å². The summed E-state index contributed by atoms with van der Waals surface area (Å²) in [5, 5.41) is 3.56. The monoisotopic (exact) mass is 518 g/mol. The summed E-state index contributed by atoms with van der Waals surface area (Å²) in [5.74, 6) is 1.10. The number of nitrogens with zero attached hydrogens (tertiary/aromatic N) is 1. The highest BCUT2D eigenvalue weighted by Gasteiger charge is 2.53. The molecule has 4 aromatic carbocycles. The molecule has 1 N–H and O–H groups in total. The Kier molecular flexibility index (Phi) is 6.30. The Morgan fingerprint density at radius 3 is 2.38 bits per heavy atom. The van der Waals surface area contributed by atoms with Crippen LogP contribution in [0.15, 0.2) is 78.9 Å². The van der Waals surface area contributed by atoms with Crippen molar-refractivity contribution >= 4 is 23.0 Å². The Morgan fingerprint density at radius 2 is 1.62 bits per heavy atom.